The lowest BCUT2D eigenvalue weighted by Gasteiger charge is -2.44. The van der Waals surface area contributed by atoms with Gasteiger partial charge in [0.15, 0.2) is 8.32 Å². The van der Waals surface area contributed by atoms with Crippen LogP contribution >= 0.6 is 0 Å². The topological polar surface area (TPSA) is 83.1 Å². The quantitative estimate of drug-likeness (QED) is 0.0252. The van der Waals surface area contributed by atoms with E-state index in [1.54, 1.807) is 19.1 Å². The summed E-state index contributed by atoms with van der Waals surface area (Å²) < 4.78 is 285. The molecule has 1 atom stereocenters. The lowest BCUT2D eigenvalue weighted by Crippen LogP contribution is -2.74. The zero-order valence-electron chi connectivity index (χ0n) is 36.9. The smallest absolute Gasteiger partial charge is 0.460 e. The second-order valence-corrected chi connectivity index (χ2v) is 20.8. The maximum absolute atomic E-state index is 15.0. The van der Waals surface area contributed by atoms with Crippen LogP contribution in [-0.4, -0.2) is 87.8 Å². The number of halogens is 19. The van der Waals surface area contributed by atoms with Crippen LogP contribution in [-0.2, 0) is 18.7 Å². The third-order valence-electron chi connectivity index (χ3n) is 10.6. The average molecular weight is 1050 g/mol. The van der Waals surface area contributed by atoms with Gasteiger partial charge in [-0.2, -0.15) is 74.6 Å². The number of nitrogens with one attached hydrogen (secondary N) is 1. The van der Waals surface area contributed by atoms with Gasteiger partial charge in [0, 0.05) is 18.6 Å². The Balaban J connectivity index is 2.26. The van der Waals surface area contributed by atoms with E-state index in [0.29, 0.717) is 24.5 Å². The number of hydrogen-bond acceptors (Lipinski definition) is 6. The molecular formula is C42H46F19NO6Si. The number of ether oxygens (including phenoxy) is 3. The summed E-state index contributed by atoms with van der Waals surface area (Å²) in [5, 5.41) is 2.15. The van der Waals surface area contributed by atoms with Crippen molar-refractivity contribution in [3.05, 3.63) is 84.0 Å². The highest BCUT2D eigenvalue weighted by Crippen LogP contribution is 2.64. The molecule has 0 fully saturated rings. The lowest BCUT2D eigenvalue weighted by atomic mass is 9.88. The minimum atomic E-state index is -8.72. The maximum atomic E-state index is 15.0. The first-order valence-corrected chi connectivity index (χ1v) is 22.7. The molecule has 2 aromatic carbocycles. The molecule has 0 aromatic heterocycles. The number of carbonyl (C=O) groups is 2. The molecule has 69 heavy (non-hydrogen) atoms. The van der Waals surface area contributed by atoms with Crippen molar-refractivity contribution < 1.29 is 112 Å². The normalized spacial score (nSPS) is 14.5. The molecule has 27 heteroatoms. The van der Waals surface area contributed by atoms with Gasteiger partial charge in [0.1, 0.15) is 30.1 Å². The molecule has 0 saturated carbocycles. The summed E-state index contributed by atoms with van der Waals surface area (Å²) in [6.07, 6.45) is -5.78. The monoisotopic (exact) mass is 1050 g/mol. The van der Waals surface area contributed by atoms with E-state index >= 15 is 8.78 Å². The summed E-state index contributed by atoms with van der Waals surface area (Å²) in [6.45, 7) is 5.95. The molecule has 0 spiro atoms. The van der Waals surface area contributed by atoms with Gasteiger partial charge in [-0.25, -0.2) is 18.4 Å². The molecule has 0 unspecified atom stereocenters. The van der Waals surface area contributed by atoms with Crippen molar-refractivity contribution in [3.63, 3.8) is 0 Å². The van der Waals surface area contributed by atoms with Gasteiger partial charge in [0.25, 0.3) is 0 Å². The van der Waals surface area contributed by atoms with Crippen LogP contribution < -0.4 is 10.1 Å². The Hall–Kier alpha value is -4.69. The van der Waals surface area contributed by atoms with Gasteiger partial charge in [-0.1, -0.05) is 58.1 Å². The largest absolute Gasteiger partial charge is 0.491 e. The molecule has 2 aromatic rings. The molecule has 0 bridgehead atoms. The molecule has 0 radical (unpaired) electrons. The van der Waals surface area contributed by atoms with Crippen LogP contribution in [0.5, 0.6) is 5.75 Å². The molecule has 392 valence electrons. The van der Waals surface area contributed by atoms with Crippen molar-refractivity contribution in [2.45, 2.75) is 131 Å². The summed E-state index contributed by atoms with van der Waals surface area (Å²) in [5.41, 5.74) is -1.89. The van der Waals surface area contributed by atoms with Gasteiger partial charge >= 0.3 is 59.7 Å². The molecule has 7 nitrogen and oxygen atoms in total. The highest BCUT2D eigenvalue weighted by atomic mass is 28.4. The highest BCUT2D eigenvalue weighted by Gasteiger charge is 2.95. The fourth-order valence-electron chi connectivity index (χ4n) is 6.60. The fourth-order valence-corrected chi connectivity index (χ4v) is 11.1. The van der Waals surface area contributed by atoms with E-state index in [0.717, 1.165) is 12.1 Å². The van der Waals surface area contributed by atoms with Crippen LogP contribution in [0, 0.1) is 11.6 Å². The zero-order chi connectivity index (χ0) is 53.2. The number of hydrogen-bond donors (Lipinski definition) is 1. The molecular weight excluding hydrogens is 1000 g/mol. The van der Waals surface area contributed by atoms with Crippen molar-refractivity contribution in [3.8, 4) is 5.75 Å². The van der Waals surface area contributed by atoms with E-state index in [-0.39, 0.29) is 18.8 Å². The number of unbranched alkanes of at least 4 members (excludes halogenated alkanes) is 1. The Kier molecular flexibility index (Phi) is 20.2. The van der Waals surface area contributed by atoms with Crippen LogP contribution in [0.15, 0.2) is 66.8 Å². The van der Waals surface area contributed by atoms with E-state index in [2.05, 4.69) is 5.32 Å². The number of benzene rings is 2. The average Bonchev–Trinajstić information content (AvgIpc) is 3.22. The molecule has 1 amide bonds. The SMILES string of the molecule is CCOC(=O)/C=C/C=C/CCC[C@H](OC(=O)Nc1ccc(F)cc1F)c1ccc(OCCO[Si](CCC(F)(F)C(F)(F)C(F)(F)C(F)(F)C(F)(F)C(F)(F)C(F)(F)C(F)(F)F)(C(C)C)C(C)C)cc1. The van der Waals surface area contributed by atoms with Crippen molar-refractivity contribution in [1.82, 2.24) is 0 Å². The zero-order valence-corrected chi connectivity index (χ0v) is 37.9. The summed E-state index contributed by atoms with van der Waals surface area (Å²) in [7, 11) is -4.04. The molecule has 0 heterocycles. The maximum Gasteiger partial charge on any atom is 0.460 e. The first kappa shape index (κ1) is 60.4. The van der Waals surface area contributed by atoms with Crippen LogP contribution in [0.2, 0.25) is 17.1 Å². The second-order valence-electron chi connectivity index (χ2n) is 15.8. The Morgan fingerprint density at radius 1 is 0.696 bits per heavy atom. The molecule has 0 aliphatic rings. The van der Waals surface area contributed by atoms with Gasteiger partial charge in [-0.3, -0.25) is 5.32 Å². The minimum Gasteiger partial charge on any atom is -0.491 e. The number of anilines is 1. The predicted molar refractivity (Wildman–Crippen MR) is 212 cm³/mol. The van der Waals surface area contributed by atoms with Crippen LogP contribution in [0.1, 0.15) is 72.0 Å². The summed E-state index contributed by atoms with van der Waals surface area (Å²) in [4.78, 5) is 24.2. The van der Waals surface area contributed by atoms with Crippen molar-refractivity contribution in [1.29, 1.82) is 0 Å². The number of alkyl halides is 17. The third kappa shape index (κ3) is 13.4. The Morgan fingerprint density at radius 3 is 1.74 bits per heavy atom. The molecule has 0 saturated heterocycles. The van der Waals surface area contributed by atoms with E-state index in [1.807, 2.05) is 0 Å². The first-order valence-electron chi connectivity index (χ1n) is 20.4. The lowest BCUT2D eigenvalue weighted by molar-refractivity contribution is -0.461. The Labute approximate surface area is 383 Å². The molecule has 1 N–H and O–H groups in total. The van der Waals surface area contributed by atoms with Crippen LogP contribution in [0.4, 0.5) is 93.9 Å². The van der Waals surface area contributed by atoms with Crippen molar-refractivity contribution >= 4 is 26.1 Å². The number of rotatable bonds is 26. The predicted octanol–water partition coefficient (Wildman–Crippen LogP) is 14.7. The van der Waals surface area contributed by atoms with Gasteiger partial charge in [-0.15, -0.1) is 0 Å². The summed E-state index contributed by atoms with van der Waals surface area (Å²) in [6, 6.07) is 6.53. The van der Waals surface area contributed by atoms with Crippen LogP contribution in [0.25, 0.3) is 0 Å². The standard InChI is InChI=1S/C42H46F19NO6Si/c1-6-65-33(63)13-11-9-7-8-10-12-32(68-34(64)62-31-19-16-28(43)24-30(31)44)27-14-17-29(18-15-27)66-21-22-67-69(25(2)3,26(4)5)23-20-35(45,46)36(47,48)37(49,50)38(51,52)39(53,54)40(55,56)41(57,58)42(59,60)61/h7,9,11,13-19,24-26,32H,6,8,10,12,20-23H2,1-5H3,(H,62,64)/b9-7+,13-11+/t32-/m0/s1. The van der Waals surface area contributed by atoms with Gasteiger partial charge < -0.3 is 18.6 Å². The highest BCUT2D eigenvalue weighted by molar-refractivity contribution is 6.76. The first-order chi connectivity index (χ1) is 31.4. The molecule has 0 aliphatic heterocycles. The van der Waals surface area contributed by atoms with E-state index in [1.165, 1.54) is 64.1 Å². The minimum absolute atomic E-state index is 0.0707. The summed E-state index contributed by atoms with van der Waals surface area (Å²) in [5.74, 6) is -59.5. The second kappa shape index (κ2) is 23.0. The van der Waals surface area contributed by atoms with Gasteiger partial charge in [0.05, 0.1) is 18.9 Å². The number of allylic oxidation sites excluding steroid dienone is 3. The van der Waals surface area contributed by atoms with Crippen molar-refractivity contribution in [2.24, 2.45) is 0 Å². The van der Waals surface area contributed by atoms with Gasteiger partial charge in [0.2, 0.25) is 0 Å². The Bertz CT molecular complexity index is 2050. The summed E-state index contributed by atoms with van der Waals surface area (Å²) >= 11 is 0. The number of amides is 1. The number of esters is 1. The Morgan fingerprint density at radius 2 is 1.23 bits per heavy atom. The van der Waals surface area contributed by atoms with Gasteiger partial charge in [-0.05, 0) is 73.1 Å². The van der Waals surface area contributed by atoms with Crippen molar-refractivity contribution in [2.75, 3.05) is 25.1 Å². The number of carbonyl (C=O) groups excluding carboxylic acids is 2. The molecule has 0 aliphatic carbocycles. The van der Waals surface area contributed by atoms with E-state index in [4.69, 9.17) is 18.6 Å². The third-order valence-corrected chi connectivity index (χ3v) is 16.2. The van der Waals surface area contributed by atoms with E-state index in [9.17, 15) is 84.2 Å². The van der Waals surface area contributed by atoms with E-state index < -0.39 is 128 Å². The fraction of sp³-hybridized carbons (Fsp3) is 0.571. The van der Waals surface area contributed by atoms with Crippen LogP contribution in [0.3, 0.4) is 0 Å². The molecule has 2 rings (SSSR count).